The van der Waals surface area contributed by atoms with Crippen LogP contribution in [0.25, 0.3) is 10.9 Å². The number of H-pyrrole nitrogens is 1. The molecule has 2 heterocycles. The highest BCUT2D eigenvalue weighted by molar-refractivity contribution is 5.79. The SMILES string of the molecule is Cc1ccc2[nH]c(CN(C)Cc3noc(C)n3)cc(=O)c2c1. The van der Waals surface area contributed by atoms with Gasteiger partial charge in [0.25, 0.3) is 0 Å². The summed E-state index contributed by atoms with van der Waals surface area (Å²) in [5.74, 6) is 1.19. The lowest BCUT2D eigenvalue weighted by molar-refractivity contribution is 0.297. The van der Waals surface area contributed by atoms with Crippen LogP contribution in [0, 0.1) is 13.8 Å². The molecule has 0 spiro atoms. The molecule has 0 radical (unpaired) electrons. The van der Waals surface area contributed by atoms with Crippen LogP contribution in [-0.4, -0.2) is 27.1 Å². The van der Waals surface area contributed by atoms with Crippen molar-refractivity contribution in [1.29, 1.82) is 0 Å². The second kappa shape index (κ2) is 5.73. The van der Waals surface area contributed by atoms with Crippen molar-refractivity contribution in [2.45, 2.75) is 26.9 Å². The highest BCUT2D eigenvalue weighted by atomic mass is 16.5. The zero-order valence-corrected chi connectivity index (χ0v) is 12.9. The molecule has 2 aromatic heterocycles. The summed E-state index contributed by atoms with van der Waals surface area (Å²) in [7, 11) is 1.95. The number of hydrogen-bond donors (Lipinski definition) is 1. The van der Waals surface area contributed by atoms with Crippen LogP contribution in [0.5, 0.6) is 0 Å². The van der Waals surface area contributed by atoms with E-state index in [2.05, 4.69) is 15.1 Å². The molecule has 0 aliphatic heterocycles. The average molecular weight is 298 g/mol. The van der Waals surface area contributed by atoms with Crippen LogP contribution in [0.4, 0.5) is 0 Å². The number of pyridine rings is 1. The van der Waals surface area contributed by atoms with E-state index in [1.54, 1.807) is 13.0 Å². The van der Waals surface area contributed by atoms with Gasteiger partial charge in [0.15, 0.2) is 11.3 Å². The first-order chi connectivity index (χ1) is 10.5. The number of aromatic nitrogens is 3. The summed E-state index contributed by atoms with van der Waals surface area (Å²) < 4.78 is 4.96. The van der Waals surface area contributed by atoms with E-state index in [9.17, 15) is 4.79 Å². The highest BCUT2D eigenvalue weighted by Crippen LogP contribution is 2.12. The second-order valence-electron chi connectivity index (χ2n) is 5.61. The smallest absolute Gasteiger partial charge is 0.223 e. The molecule has 0 fully saturated rings. The minimum absolute atomic E-state index is 0.0382. The third-order valence-electron chi connectivity index (χ3n) is 3.46. The lowest BCUT2D eigenvalue weighted by Gasteiger charge is -2.14. The standard InChI is InChI=1S/C16H18N4O2/c1-10-4-5-14-13(6-10)15(21)7-12(18-14)8-20(3)9-16-17-11(2)22-19-16/h4-7H,8-9H2,1-3H3,(H,18,21). The summed E-state index contributed by atoms with van der Waals surface area (Å²) in [6.07, 6.45) is 0. The van der Waals surface area contributed by atoms with Crippen molar-refractivity contribution in [2.75, 3.05) is 7.05 Å². The molecule has 0 saturated heterocycles. The van der Waals surface area contributed by atoms with E-state index in [0.29, 0.717) is 24.8 Å². The predicted octanol–water partition coefficient (Wildman–Crippen LogP) is 2.16. The van der Waals surface area contributed by atoms with Gasteiger partial charge in [0.2, 0.25) is 5.89 Å². The van der Waals surface area contributed by atoms with E-state index < -0.39 is 0 Å². The number of nitrogens with zero attached hydrogens (tertiary/aromatic N) is 3. The van der Waals surface area contributed by atoms with E-state index in [1.165, 1.54) is 0 Å². The lowest BCUT2D eigenvalue weighted by Crippen LogP contribution is -2.20. The molecule has 6 heteroatoms. The first kappa shape index (κ1) is 14.5. The minimum Gasteiger partial charge on any atom is -0.357 e. The summed E-state index contributed by atoms with van der Waals surface area (Å²) in [5, 5.41) is 4.60. The van der Waals surface area contributed by atoms with E-state index in [4.69, 9.17) is 4.52 Å². The molecule has 0 amide bonds. The molecular formula is C16H18N4O2. The van der Waals surface area contributed by atoms with Gasteiger partial charge in [-0.1, -0.05) is 16.8 Å². The first-order valence-electron chi connectivity index (χ1n) is 7.11. The number of aromatic amines is 1. The van der Waals surface area contributed by atoms with Gasteiger partial charge in [-0.05, 0) is 26.1 Å². The number of aryl methyl sites for hydroxylation is 2. The van der Waals surface area contributed by atoms with Crippen LogP contribution >= 0.6 is 0 Å². The summed E-state index contributed by atoms with van der Waals surface area (Å²) in [4.78, 5) is 21.7. The van der Waals surface area contributed by atoms with E-state index in [0.717, 1.165) is 22.2 Å². The molecule has 6 nitrogen and oxygen atoms in total. The van der Waals surface area contributed by atoms with Crippen molar-refractivity contribution >= 4 is 10.9 Å². The van der Waals surface area contributed by atoms with Crippen LogP contribution in [0.1, 0.15) is 23.0 Å². The molecule has 114 valence electrons. The van der Waals surface area contributed by atoms with Crippen molar-refractivity contribution in [3.8, 4) is 0 Å². The first-order valence-corrected chi connectivity index (χ1v) is 7.11. The Balaban J connectivity index is 1.81. The maximum Gasteiger partial charge on any atom is 0.223 e. The van der Waals surface area contributed by atoms with Gasteiger partial charge in [-0.2, -0.15) is 4.98 Å². The third-order valence-corrected chi connectivity index (χ3v) is 3.46. The number of benzene rings is 1. The van der Waals surface area contributed by atoms with Gasteiger partial charge in [0, 0.05) is 36.1 Å². The van der Waals surface area contributed by atoms with Crippen LogP contribution in [0.3, 0.4) is 0 Å². The third kappa shape index (κ3) is 3.07. The predicted molar refractivity (Wildman–Crippen MR) is 83.5 cm³/mol. The van der Waals surface area contributed by atoms with Gasteiger partial charge in [-0.25, -0.2) is 0 Å². The van der Waals surface area contributed by atoms with Gasteiger partial charge in [0.1, 0.15) is 0 Å². The number of hydrogen-bond acceptors (Lipinski definition) is 5. The molecule has 0 aliphatic carbocycles. The monoisotopic (exact) mass is 298 g/mol. The normalized spacial score (nSPS) is 11.5. The van der Waals surface area contributed by atoms with Crippen molar-refractivity contribution in [3.63, 3.8) is 0 Å². The fraction of sp³-hybridized carbons (Fsp3) is 0.312. The molecular weight excluding hydrogens is 280 g/mol. The molecule has 3 rings (SSSR count). The summed E-state index contributed by atoms with van der Waals surface area (Å²) in [6.45, 7) is 4.91. The van der Waals surface area contributed by atoms with E-state index >= 15 is 0 Å². The Morgan fingerprint density at radius 2 is 2.05 bits per heavy atom. The van der Waals surface area contributed by atoms with E-state index in [1.807, 2.05) is 37.1 Å². The van der Waals surface area contributed by atoms with Gasteiger partial charge in [-0.15, -0.1) is 0 Å². The number of nitrogens with one attached hydrogen (secondary N) is 1. The van der Waals surface area contributed by atoms with Gasteiger partial charge >= 0.3 is 0 Å². The maximum atomic E-state index is 12.2. The Hall–Kier alpha value is -2.47. The van der Waals surface area contributed by atoms with E-state index in [-0.39, 0.29) is 5.43 Å². The number of rotatable bonds is 4. The zero-order valence-electron chi connectivity index (χ0n) is 12.9. The average Bonchev–Trinajstić information content (AvgIpc) is 2.85. The molecule has 0 saturated carbocycles. The molecule has 1 N–H and O–H groups in total. The maximum absolute atomic E-state index is 12.2. The Kier molecular flexibility index (Phi) is 3.77. The molecule has 0 unspecified atom stereocenters. The molecule has 0 bridgehead atoms. The van der Waals surface area contributed by atoms with Gasteiger partial charge < -0.3 is 9.51 Å². The lowest BCUT2D eigenvalue weighted by atomic mass is 10.1. The minimum atomic E-state index is 0.0382. The Bertz CT molecular complexity index is 866. The van der Waals surface area contributed by atoms with Crippen molar-refractivity contribution in [2.24, 2.45) is 0 Å². The van der Waals surface area contributed by atoms with Crippen molar-refractivity contribution in [3.05, 3.63) is 57.5 Å². The molecule has 0 aliphatic rings. The zero-order chi connectivity index (χ0) is 15.7. The summed E-state index contributed by atoms with van der Waals surface area (Å²) >= 11 is 0. The fourth-order valence-corrected chi connectivity index (χ4v) is 2.49. The number of fused-ring (bicyclic) bond motifs is 1. The fourth-order valence-electron chi connectivity index (χ4n) is 2.49. The van der Waals surface area contributed by atoms with Crippen molar-refractivity contribution in [1.82, 2.24) is 20.0 Å². The summed E-state index contributed by atoms with van der Waals surface area (Å²) in [5.41, 5.74) is 2.84. The Morgan fingerprint density at radius 3 is 2.77 bits per heavy atom. The van der Waals surface area contributed by atoms with Crippen LogP contribution in [0.2, 0.25) is 0 Å². The quantitative estimate of drug-likeness (QED) is 0.799. The summed E-state index contributed by atoms with van der Waals surface area (Å²) in [6, 6.07) is 7.50. The van der Waals surface area contributed by atoms with Crippen LogP contribution < -0.4 is 5.43 Å². The highest BCUT2D eigenvalue weighted by Gasteiger charge is 2.09. The van der Waals surface area contributed by atoms with Crippen LogP contribution in [-0.2, 0) is 13.1 Å². The Morgan fingerprint density at radius 1 is 1.23 bits per heavy atom. The van der Waals surface area contributed by atoms with Gasteiger partial charge in [-0.3, -0.25) is 9.69 Å². The molecule has 22 heavy (non-hydrogen) atoms. The van der Waals surface area contributed by atoms with Crippen LogP contribution in [0.15, 0.2) is 33.6 Å². The van der Waals surface area contributed by atoms with Gasteiger partial charge in [0.05, 0.1) is 6.54 Å². The largest absolute Gasteiger partial charge is 0.357 e. The molecule has 0 atom stereocenters. The Labute approximate surface area is 127 Å². The topological polar surface area (TPSA) is 75.0 Å². The van der Waals surface area contributed by atoms with Crippen molar-refractivity contribution < 1.29 is 4.52 Å². The second-order valence-corrected chi connectivity index (χ2v) is 5.61. The molecule has 1 aromatic carbocycles. The molecule has 3 aromatic rings.